The van der Waals surface area contributed by atoms with Crippen LogP contribution in [0.4, 0.5) is 0 Å². The molecule has 4 heteroatoms. The summed E-state index contributed by atoms with van der Waals surface area (Å²) in [5.74, 6) is -0.231. The third-order valence-corrected chi connectivity index (χ3v) is 2.15. The van der Waals surface area contributed by atoms with Crippen molar-refractivity contribution in [2.75, 3.05) is 6.54 Å². The minimum Gasteiger partial charge on any atom is -0.460 e. The van der Waals surface area contributed by atoms with E-state index in [0.29, 0.717) is 19.6 Å². The van der Waals surface area contributed by atoms with Gasteiger partial charge in [0, 0.05) is 11.4 Å². The Morgan fingerprint density at radius 3 is 3.08 bits per heavy atom. The first-order chi connectivity index (χ1) is 5.83. The van der Waals surface area contributed by atoms with Gasteiger partial charge in [-0.15, -0.1) is 11.3 Å². The summed E-state index contributed by atoms with van der Waals surface area (Å²) in [5.41, 5.74) is 5.18. The number of hydrogen-bond donors (Lipinski definition) is 1. The zero-order valence-corrected chi connectivity index (χ0v) is 7.47. The first kappa shape index (κ1) is 9.22. The molecular weight excluding hydrogens is 174 g/mol. The first-order valence-electron chi connectivity index (χ1n) is 3.71. The highest BCUT2D eigenvalue weighted by Gasteiger charge is 2.01. The summed E-state index contributed by atoms with van der Waals surface area (Å²) >= 11 is 1.57. The monoisotopic (exact) mass is 185 g/mol. The van der Waals surface area contributed by atoms with Gasteiger partial charge in [0.05, 0.1) is 6.42 Å². The standard InChI is InChI=1S/C8H11NO2S/c9-4-3-8(10)11-6-7-2-1-5-12-7/h1-2,5H,3-4,6,9H2. The van der Waals surface area contributed by atoms with Crippen molar-refractivity contribution in [2.45, 2.75) is 13.0 Å². The molecule has 12 heavy (non-hydrogen) atoms. The Bertz CT molecular complexity index is 233. The van der Waals surface area contributed by atoms with Crippen LogP contribution in [0.3, 0.4) is 0 Å². The Morgan fingerprint density at radius 1 is 1.67 bits per heavy atom. The van der Waals surface area contributed by atoms with E-state index in [2.05, 4.69) is 0 Å². The van der Waals surface area contributed by atoms with Crippen molar-refractivity contribution in [3.05, 3.63) is 22.4 Å². The highest BCUT2D eigenvalue weighted by Crippen LogP contribution is 2.09. The zero-order valence-electron chi connectivity index (χ0n) is 6.66. The van der Waals surface area contributed by atoms with E-state index in [-0.39, 0.29) is 5.97 Å². The largest absolute Gasteiger partial charge is 0.460 e. The van der Waals surface area contributed by atoms with Crippen molar-refractivity contribution in [2.24, 2.45) is 5.73 Å². The molecular formula is C8H11NO2S. The molecule has 0 radical (unpaired) electrons. The number of nitrogens with two attached hydrogens (primary N) is 1. The molecule has 0 spiro atoms. The van der Waals surface area contributed by atoms with Gasteiger partial charge in [0.1, 0.15) is 6.61 Å². The van der Waals surface area contributed by atoms with Gasteiger partial charge in [-0.2, -0.15) is 0 Å². The molecule has 0 aliphatic heterocycles. The van der Waals surface area contributed by atoms with Crippen molar-refractivity contribution in [1.29, 1.82) is 0 Å². The van der Waals surface area contributed by atoms with E-state index in [9.17, 15) is 4.79 Å². The van der Waals surface area contributed by atoms with Gasteiger partial charge in [-0.3, -0.25) is 4.79 Å². The van der Waals surface area contributed by atoms with E-state index in [1.54, 1.807) is 11.3 Å². The maximum absolute atomic E-state index is 10.8. The van der Waals surface area contributed by atoms with Crippen molar-refractivity contribution < 1.29 is 9.53 Å². The third-order valence-electron chi connectivity index (χ3n) is 1.30. The molecule has 0 aromatic carbocycles. The topological polar surface area (TPSA) is 52.3 Å². The summed E-state index contributed by atoms with van der Waals surface area (Å²) in [6.45, 7) is 0.722. The van der Waals surface area contributed by atoms with Crippen LogP contribution in [-0.2, 0) is 16.1 Å². The Kier molecular flexibility index (Phi) is 3.76. The molecule has 3 nitrogen and oxygen atoms in total. The van der Waals surface area contributed by atoms with Crippen molar-refractivity contribution >= 4 is 17.3 Å². The lowest BCUT2D eigenvalue weighted by Crippen LogP contribution is -2.10. The summed E-state index contributed by atoms with van der Waals surface area (Å²) in [5, 5.41) is 1.95. The molecule has 0 amide bonds. The minimum absolute atomic E-state index is 0.231. The lowest BCUT2D eigenvalue weighted by atomic mass is 10.4. The SMILES string of the molecule is NCCC(=O)OCc1cccs1. The second-order valence-corrected chi connectivity index (χ2v) is 3.31. The summed E-state index contributed by atoms with van der Waals surface area (Å²) < 4.78 is 4.92. The van der Waals surface area contributed by atoms with E-state index in [0.717, 1.165) is 4.88 Å². The van der Waals surface area contributed by atoms with E-state index in [1.807, 2.05) is 17.5 Å². The van der Waals surface area contributed by atoms with Crippen LogP contribution in [-0.4, -0.2) is 12.5 Å². The maximum Gasteiger partial charge on any atom is 0.307 e. The van der Waals surface area contributed by atoms with Crippen LogP contribution in [0, 0.1) is 0 Å². The molecule has 0 bridgehead atoms. The van der Waals surface area contributed by atoms with Gasteiger partial charge in [-0.05, 0) is 11.4 Å². The number of hydrogen-bond acceptors (Lipinski definition) is 4. The third kappa shape index (κ3) is 3.02. The fourth-order valence-electron chi connectivity index (χ4n) is 0.736. The molecule has 0 aliphatic carbocycles. The Morgan fingerprint density at radius 2 is 2.50 bits per heavy atom. The Balaban J connectivity index is 2.22. The predicted octanol–water partition coefficient (Wildman–Crippen LogP) is 1.14. The fraction of sp³-hybridized carbons (Fsp3) is 0.375. The van der Waals surface area contributed by atoms with Gasteiger partial charge in [0.15, 0.2) is 0 Å². The average molecular weight is 185 g/mol. The minimum atomic E-state index is -0.231. The van der Waals surface area contributed by atoms with Crippen LogP contribution in [0.25, 0.3) is 0 Å². The molecule has 0 saturated carbocycles. The molecule has 0 aliphatic rings. The van der Waals surface area contributed by atoms with Gasteiger partial charge < -0.3 is 10.5 Å². The van der Waals surface area contributed by atoms with Gasteiger partial charge >= 0.3 is 5.97 Å². The number of rotatable bonds is 4. The van der Waals surface area contributed by atoms with Crippen LogP contribution in [0.1, 0.15) is 11.3 Å². The van der Waals surface area contributed by atoms with Crippen LogP contribution in [0.5, 0.6) is 0 Å². The van der Waals surface area contributed by atoms with Crippen molar-refractivity contribution in [1.82, 2.24) is 0 Å². The zero-order chi connectivity index (χ0) is 8.81. The quantitative estimate of drug-likeness (QED) is 0.716. The van der Waals surface area contributed by atoms with E-state index < -0.39 is 0 Å². The highest BCUT2D eigenvalue weighted by atomic mass is 32.1. The van der Waals surface area contributed by atoms with Crippen molar-refractivity contribution in [3.63, 3.8) is 0 Å². The predicted molar refractivity (Wildman–Crippen MR) is 47.8 cm³/mol. The summed E-state index contributed by atoms with van der Waals surface area (Å²) in [4.78, 5) is 11.9. The Hall–Kier alpha value is -0.870. The molecule has 0 fully saturated rings. The molecule has 2 N–H and O–H groups in total. The summed E-state index contributed by atoms with van der Waals surface area (Å²) in [6, 6.07) is 3.86. The average Bonchev–Trinajstić information content (AvgIpc) is 2.53. The summed E-state index contributed by atoms with van der Waals surface area (Å²) in [7, 11) is 0. The first-order valence-corrected chi connectivity index (χ1v) is 4.59. The molecule has 66 valence electrons. The normalized spacial score (nSPS) is 9.75. The van der Waals surface area contributed by atoms with Crippen LogP contribution in [0.15, 0.2) is 17.5 Å². The second-order valence-electron chi connectivity index (χ2n) is 2.28. The van der Waals surface area contributed by atoms with Crippen LogP contribution in [0.2, 0.25) is 0 Å². The van der Waals surface area contributed by atoms with Gasteiger partial charge in [-0.25, -0.2) is 0 Å². The van der Waals surface area contributed by atoms with Crippen molar-refractivity contribution in [3.8, 4) is 0 Å². The lowest BCUT2D eigenvalue weighted by molar-refractivity contribution is -0.144. The van der Waals surface area contributed by atoms with E-state index in [4.69, 9.17) is 10.5 Å². The smallest absolute Gasteiger partial charge is 0.307 e. The molecule has 1 aromatic heterocycles. The summed E-state index contributed by atoms with van der Waals surface area (Å²) in [6.07, 6.45) is 0.297. The molecule has 0 atom stereocenters. The van der Waals surface area contributed by atoms with Gasteiger partial charge in [0.25, 0.3) is 0 Å². The number of ether oxygens (including phenoxy) is 1. The van der Waals surface area contributed by atoms with Crippen LogP contribution < -0.4 is 5.73 Å². The molecule has 1 aromatic rings. The molecule has 1 rings (SSSR count). The second kappa shape index (κ2) is 4.90. The van der Waals surface area contributed by atoms with Gasteiger partial charge in [-0.1, -0.05) is 6.07 Å². The molecule has 0 unspecified atom stereocenters. The number of carbonyl (C=O) groups is 1. The number of esters is 1. The highest BCUT2D eigenvalue weighted by molar-refractivity contribution is 7.09. The van der Waals surface area contributed by atoms with E-state index in [1.165, 1.54) is 0 Å². The fourth-order valence-corrected chi connectivity index (χ4v) is 1.35. The maximum atomic E-state index is 10.8. The number of thiophene rings is 1. The lowest BCUT2D eigenvalue weighted by Gasteiger charge is -2.00. The molecule has 1 heterocycles. The Labute approximate surface area is 75.1 Å². The van der Waals surface area contributed by atoms with Gasteiger partial charge in [0.2, 0.25) is 0 Å². The van der Waals surface area contributed by atoms with Crippen LogP contribution >= 0.6 is 11.3 Å². The molecule has 0 saturated heterocycles. The number of carbonyl (C=O) groups excluding carboxylic acids is 1. The van der Waals surface area contributed by atoms with E-state index >= 15 is 0 Å².